The summed E-state index contributed by atoms with van der Waals surface area (Å²) in [5.74, 6) is 6.34. The van der Waals surface area contributed by atoms with Gasteiger partial charge in [-0.1, -0.05) is 5.92 Å². The van der Waals surface area contributed by atoms with Crippen LogP contribution in [0.3, 0.4) is 0 Å². The Balaban J connectivity index is 2.21. The summed E-state index contributed by atoms with van der Waals surface area (Å²) in [5, 5.41) is 20.0. The highest BCUT2D eigenvalue weighted by Crippen LogP contribution is 2.28. The van der Waals surface area contributed by atoms with E-state index in [1.165, 1.54) is 0 Å². The van der Waals surface area contributed by atoms with E-state index in [1.807, 2.05) is 23.6 Å². The lowest BCUT2D eigenvalue weighted by atomic mass is 10.1. The Labute approximate surface area is 134 Å². The predicted octanol–water partition coefficient (Wildman–Crippen LogP) is 3.22. The van der Waals surface area contributed by atoms with Gasteiger partial charge in [0.15, 0.2) is 0 Å². The number of rotatable bonds is 1. The molecule has 3 rings (SSSR count). The molecule has 4 heteroatoms. The lowest BCUT2D eigenvalue weighted by Crippen LogP contribution is -1.98. The number of aryl methyl sites for hydroxylation is 1. The van der Waals surface area contributed by atoms with Crippen LogP contribution in [-0.2, 0) is 6.54 Å². The fourth-order valence-corrected chi connectivity index (χ4v) is 2.61. The highest BCUT2D eigenvalue weighted by atomic mass is 16.3. The van der Waals surface area contributed by atoms with Gasteiger partial charge in [0.05, 0.1) is 11.1 Å². The molecule has 0 aliphatic carbocycles. The average molecular weight is 301 g/mol. The predicted molar refractivity (Wildman–Crippen MR) is 90.8 cm³/mol. The van der Waals surface area contributed by atoms with Crippen LogP contribution in [0.25, 0.3) is 10.9 Å². The van der Waals surface area contributed by atoms with E-state index < -0.39 is 0 Å². The molecule has 0 aliphatic heterocycles. The van der Waals surface area contributed by atoms with Crippen LogP contribution in [0.4, 0.5) is 5.69 Å². The van der Waals surface area contributed by atoms with Gasteiger partial charge in [-0.3, -0.25) is 0 Å². The third-order valence-corrected chi connectivity index (χ3v) is 3.71. The number of aromatic hydroxyl groups is 1. The fraction of sp³-hybridized carbons (Fsp3) is 0.105. The molecule has 0 bridgehead atoms. The molecule has 4 nitrogen and oxygen atoms in total. The maximum Gasteiger partial charge on any atom is 0.117 e. The number of phenols is 1. The highest BCUT2D eigenvalue weighted by molar-refractivity contribution is 5.90. The topological polar surface area (TPSA) is 75.0 Å². The van der Waals surface area contributed by atoms with Gasteiger partial charge in [0.2, 0.25) is 0 Å². The number of nitrogens with two attached hydrogens (primary N) is 1. The SMILES string of the molecule is CCn1c(C#Cc2ccc(N)cc2)c(C#N)c2ccc(O)cc21. The largest absolute Gasteiger partial charge is 0.508 e. The molecule has 112 valence electrons. The Bertz CT molecular complexity index is 980. The first-order valence-electron chi connectivity index (χ1n) is 7.27. The fourth-order valence-electron chi connectivity index (χ4n) is 2.61. The highest BCUT2D eigenvalue weighted by Gasteiger charge is 2.15. The number of nitrogens with zero attached hydrogens (tertiary/aromatic N) is 2. The van der Waals surface area contributed by atoms with Crippen LogP contribution < -0.4 is 5.73 Å². The lowest BCUT2D eigenvalue weighted by Gasteiger charge is -2.03. The smallest absolute Gasteiger partial charge is 0.117 e. The normalized spacial score (nSPS) is 10.1. The molecule has 23 heavy (non-hydrogen) atoms. The first kappa shape index (κ1) is 14.6. The van der Waals surface area contributed by atoms with Crippen molar-refractivity contribution >= 4 is 16.6 Å². The number of hydrogen-bond donors (Lipinski definition) is 2. The zero-order chi connectivity index (χ0) is 16.4. The summed E-state index contributed by atoms with van der Waals surface area (Å²) in [7, 11) is 0. The first-order valence-corrected chi connectivity index (χ1v) is 7.27. The van der Waals surface area contributed by atoms with E-state index >= 15 is 0 Å². The van der Waals surface area contributed by atoms with E-state index in [0.29, 0.717) is 23.5 Å². The lowest BCUT2D eigenvalue weighted by molar-refractivity contribution is 0.476. The molecule has 0 saturated carbocycles. The van der Waals surface area contributed by atoms with Gasteiger partial charge in [0.1, 0.15) is 17.5 Å². The van der Waals surface area contributed by atoms with Gasteiger partial charge < -0.3 is 15.4 Å². The van der Waals surface area contributed by atoms with Gasteiger partial charge in [-0.25, -0.2) is 0 Å². The van der Waals surface area contributed by atoms with Crippen molar-refractivity contribution in [1.29, 1.82) is 5.26 Å². The number of anilines is 1. The summed E-state index contributed by atoms with van der Waals surface area (Å²) >= 11 is 0. The van der Waals surface area contributed by atoms with Crippen molar-refractivity contribution in [2.45, 2.75) is 13.5 Å². The Morgan fingerprint density at radius 3 is 2.52 bits per heavy atom. The van der Waals surface area contributed by atoms with Gasteiger partial charge >= 0.3 is 0 Å². The molecule has 0 spiro atoms. The van der Waals surface area contributed by atoms with E-state index in [0.717, 1.165) is 16.5 Å². The Kier molecular flexibility index (Phi) is 3.66. The molecule has 0 unspecified atom stereocenters. The summed E-state index contributed by atoms with van der Waals surface area (Å²) in [6.07, 6.45) is 0. The Hall–Kier alpha value is -3.37. The summed E-state index contributed by atoms with van der Waals surface area (Å²) < 4.78 is 1.94. The molecule has 0 atom stereocenters. The minimum Gasteiger partial charge on any atom is -0.508 e. The second-order valence-corrected chi connectivity index (χ2v) is 5.15. The Morgan fingerprint density at radius 1 is 1.13 bits per heavy atom. The Morgan fingerprint density at radius 2 is 1.87 bits per heavy atom. The molecule has 0 amide bonds. The maximum atomic E-state index is 9.71. The number of fused-ring (bicyclic) bond motifs is 1. The second kappa shape index (κ2) is 5.79. The zero-order valence-corrected chi connectivity index (χ0v) is 12.7. The van der Waals surface area contributed by atoms with Gasteiger partial charge in [0, 0.05) is 29.2 Å². The van der Waals surface area contributed by atoms with Gasteiger partial charge in [-0.05, 0) is 49.2 Å². The van der Waals surface area contributed by atoms with Crippen molar-refractivity contribution in [3.05, 3.63) is 59.3 Å². The van der Waals surface area contributed by atoms with Crippen LogP contribution >= 0.6 is 0 Å². The number of benzene rings is 2. The molecule has 0 radical (unpaired) electrons. The molecular formula is C19H15N3O. The maximum absolute atomic E-state index is 9.71. The van der Waals surface area contributed by atoms with E-state index in [1.54, 1.807) is 30.3 Å². The number of nitrogen functional groups attached to an aromatic ring is 1. The molecule has 2 aromatic carbocycles. The van der Waals surface area contributed by atoms with E-state index in [4.69, 9.17) is 5.73 Å². The molecule has 3 aromatic rings. The van der Waals surface area contributed by atoms with E-state index in [9.17, 15) is 10.4 Å². The summed E-state index contributed by atoms with van der Waals surface area (Å²) in [5.41, 5.74) is 9.19. The monoisotopic (exact) mass is 301 g/mol. The summed E-state index contributed by atoms with van der Waals surface area (Å²) in [6.45, 7) is 2.65. The molecule has 1 heterocycles. The minimum absolute atomic E-state index is 0.173. The van der Waals surface area contributed by atoms with Crippen LogP contribution in [0.1, 0.15) is 23.7 Å². The number of nitriles is 1. The van der Waals surface area contributed by atoms with Crippen molar-refractivity contribution < 1.29 is 5.11 Å². The van der Waals surface area contributed by atoms with Crippen LogP contribution in [0.15, 0.2) is 42.5 Å². The van der Waals surface area contributed by atoms with Crippen LogP contribution in [0, 0.1) is 23.2 Å². The third-order valence-electron chi connectivity index (χ3n) is 3.71. The minimum atomic E-state index is 0.173. The van der Waals surface area contributed by atoms with Crippen molar-refractivity contribution in [3.63, 3.8) is 0 Å². The summed E-state index contributed by atoms with van der Waals surface area (Å²) in [4.78, 5) is 0. The van der Waals surface area contributed by atoms with Crippen molar-refractivity contribution in [2.24, 2.45) is 0 Å². The molecule has 3 N–H and O–H groups in total. The zero-order valence-electron chi connectivity index (χ0n) is 12.7. The second-order valence-electron chi connectivity index (χ2n) is 5.15. The summed E-state index contributed by atoms with van der Waals surface area (Å²) in [6, 6.07) is 14.5. The average Bonchev–Trinajstić information content (AvgIpc) is 2.86. The van der Waals surface area contributed by atoms with Crippen LogP contribution in [0.2, 0.25) is 0 Å². The van der Waals surface area contributed by atoms with Crippen LogP contribution in [-0.4, -0.2) is 9.67 Å². The number of phenolic OH excluding ortho intramolecular Hbond substituents is 1. The van der Waals surface area contributed by atoms with Crippen molar-refractivity contribution in [1.82, 2.24) is 4.57 Å². The number of aromatic nitrogens is 1. The first-order chi connectivity index (χ1) is 11.1. The quantitative estimate of drug-likeness (QED) is 0.535. The molecule has 1 aromatic heterocycles. The number of hydrogen-bond acceptors (Lipinski definition) is 3. The molecular weight excluding hydrogens is 286 g/mol. The van der Waals surface area contributed by atoms with Gasteiger partial charge in [0.25, 0.3) is 0 Å². The van der Waals surface area contributed by atoms with E-state index in [2.05, 4.69) is 17.9 Å². The van der Waals surface area contributed by atoms with Crippen molar-refractivity contribution in [2.75, 3.05) is 5.73 Å². The molecule has 0 fully saturated rings. The van der Waals surface area contributed by atoms with Gasteiger partial charge in [-0.15, -0.1) is 0 Å². The van der Waals surface area contributed by atoms with Crippen LogP contribution in [0.5, 0.6) is 5.75 Å². The van der Waals surface area contributed by atoms with E-state index in [-0.39, 0.29) is 5.75 Å². The third kappa shape index (κ3) is 2.59. The standard InChI is InChI=1S/C19H15N3O/c1-2-22-18(10-5-13-3-6-14(21)7-4-13)17(12-20)16-9-8-15(23)11-19(16)22/h3-4,6-9,11,23H,2,21H2,1H3. The van der Waals surface area contributed by atoms with Gasteiger partial charge in [-0.2, -0.15) is 5.26 Å². The molecule has 0 aliphatic rings. The molecule has 0 saturated heterocycles. The van der Waals surface area contributed by atoms with Crippen molar-refractivity contribution in [3.8, 4) is 23.7 Å².